The van der Waals surface area contributed by atoms with Crippen LogP contribution in [0.2, 0.25) is 0 Å². The summed E-state index contributed by atoms with van der Waals surface area (Å²) >= 11 is 0. The summed E-state index contributed by atoms with van der Waals surface area (Å²) in [5.74, 6) is -1.13. The molecule has 0 atom stereocenters. The smallest absolute Gasteiger partial charge is 0.336 e. The molecule has 1 rings (SSSR count). The van der Waals surface area contributed by atoms with Gasteiger partial charge in [-0.1, -0.05) is 12.1 Å². The van der Waals surface area contributed by atoms with Crippen molar-refractivity contribution in [3.63, 3.8) is 0 Å². The van der Waals surface area contributed by atoms with Crippen molar-refractivity contribution in [1.82, 2.24) is 0 Å². The molecule has 3 nitrogen and oxygen atoms in total. The fraction of sp³-hybridized carbons (Fsp3) is 0.200. The van der Waals surface area contributed by atoms with Gasteiger partial charge in [0, 0.05) is 0 Å². The van der Waals surface area contributed by atoms with Crippen LogP contribution in [0.4, 0.5) is 4.39 Å². The summed E-state index contributed by atoms with van der Waals surface area (Å²) in [6.45, 7) is -0.752. The lowest BCUT2D eigenvalue weighted by Gasteiger charge is -2.06. The Morgan fingerprint density at radius 2 is 2.29 bits per heavy atom. The summed E-state index contributed by atoms with van der Waals surface area (Å²) in [4.78, 5) is 10.7. The minimum atomic E-state index is -1.13. The highest BCUT2D eigenvalue weighted by molar-refractivity contribution is 5.89. The van der Waals surface area contributed by atoms with Gasteiger partial charge >= 0.3 is 5.97 Å². The number of benzene rings is 1. The van der Waals surface area contributed by atoms with E-state index in [-0.39, 0.29) is 23.1 Å². The number of nitrogens with zero attached hydrogens (tertiary/aromatic N) is 1. The molecule has 1 N–H and O–H groups in total. The highest BCUT2D eigenvalue weighted by Crippen LogP contribution is 2.16. The van der Waals surface area contributed by atoms with Gasteiger partial charge in [0.05, 0.1) is 18.1 Å². The van der Waals surface area contributed by atoms with Crippen molar-refractivity contribution in [3.8, 4) is 6.07 Å². The van der Waals surface area contributed by atoms with E-state index in [9.17, 15) is 9.18 Å². The Kier molecular flexibility index (Phi) is 3.19. The third-order valence-electron chi connectivity index (χ3n) is 1.90. The lowest BCUT2D eigenvalue weighted by atomic mass is 9.99. The van der Waals surface area contributed by atoms with E-state index in [1.54, 1.807) is 0 Å². The largest absolute Gasteiger partial charge is 0.478 e. The number of halogens is 1. The number of hydrogen-bond acceptors (Lipinski definition) is 2. The van der Waals surface area contributed by atoms with Gasteiger partial charge in [0.2, 0.25) is 0 Å². The van der Waals surface area contributed by atoms with Gasteiger partial charge in [-0.15, -0.1) is 0 Å². The number of carbonyl (C=O) groups is 1. The summed E-state index contributed by atoms with van der Waals surface area (Å²) < 4.78 is 12.5. The van der Waals surface area contributed by atoms with Crippen LogP contribution in [0, 0.1) is 11.3 Å². The molecule has 0 aromatic heterocycles. The van der Waals surface area contributed by atoms with E-state index >= 15 is 0 Å². The third kappa shape index (κ3) is 1.88. The molecule has 0 unspecified atom stereocenters. The second-order valence-electron chi connectivity index (χ2n) is 2.72. The lowest BCUT2D eigenvalue weighted by molar-refractivity contribution is 0.0695. The van der Waals surface area contributed by atoms with E-state index < -0.39 is 12.6 Å². The first-order valence-corrected chi connectivity index (χ1v) is 3.97. The van der Waals surface area contributed by atoms with Crippen LogP contribution in [0.25, 0.3) is 0 Å². The van der Waals surface area contributed by atoms with Crippen LogP contribution in [0.15, 0.2) is 18.2 Å². The first kappa shape index (κ1) is 10.2. The molecule has 1 aromatic carbocycles. The number of aromatic carboxylic acids is 1. The molecular weight excluding hydrogens is 185 g/mol. The standard InChI is InChI=1S/C10H8FNO2/c11-6-7-2-1-3-9(10(13)14)8(7)4-5-12/h1-3H,4,6H2,(H,13,14). The van der Waals surface area contributed by atoms with E-state index in [1.807, 2.05) is 6.07 Å². The van der Waals surface area contributed by atoms with Gasteiger partial charge in [-0.25, -0.2) is 9.18 Å². The zero-order valence-corrected chi connectivity index (χ0v) is 7.33. The average Bonchev–Trinajstić information content (AvgIpc) is 2.18. The van der Waals surface area contributed by atoms with E-state index in [0.717, 1.165) is 0 Å². The number of nitriles is 1. The van der Waals surface area contributed by atoms with Crippen LogP contribution in [0.3, 0.4) is 0 Å². The van der Waals surface area contributed by atoms with Crippen molar-refractivity contribution >= 4 is 5.97 Å². The SMILES string of the molecule is N#CCc1c(CF)cccc1C(=O)O. The lowest BCUT2D eigenvalue weighted by Crippen LogP contribution is -2.04. The number of rotatable bonds is 3. The van der Waals surface area contributed by atoms with Gasteiger partial charge in [-0.05, 0) is 17.2 Å². The summed E-state index contributed by atoms with van der Waals surface area (Å²) in [6, 6.07) is 6.15. The van der Waals surface area contributed by atoms with Crippen molar-refractivity contribution in [2.24, 2.45) is 0 Å². The van der Waals surface area contributed by atoms with Crippen LogP contribution in [0.1, 0.15) is 21.5 Å². The van der Waals surface area contributed by atoms with Crippen LogP contribution >= 0.6 is 0 Å². The maximum Gasteiger partial charge on any atom is 0.336 e. The Bertz CT molecular complexity index is 396. The maximum absolute atomic E-state index is 12.5. The van der Waals surface area contributed by atoms with Crippen LogP contribution in [0.5, 0.6) is 0 Å². The van der Waals surface area contributed by atoms with Crippen LogP contribution in [-0.4, -0.2) is 11.1 Å². The molecule has 0 bridgehead atoms. The molecule has 0 aliphatic heterocycles. The Morgan fingerprint density at radius 1 is 1.57 bits per heavy atom. The maximum atomic E-state index is 12.5. The number of hydrogen-bond donors (Lipinski definition) is 1. The summed E-state index contributed by atoms with van der Waals surface area (Å²) in [5.41, 5.74) is 0.540. The highest BCUT2D eigenvalue weighted by Gasteiger charge is 2.12. The Balaban J connectivity index is 3.29. The minimum Gasteiger partial charge on any atom is -0.478 e. The Morgan fingerprint density at radius 3 is 2.79 bits per heavy atom. The van der Waals surface area contributed by atoms with Crippen molar-refractivity contribution < 1.29 is 14.3 Å². The van der Waals surface area contributed by atoms with Crippen molar-refractivity contribution in [3.05, 3.63) is 34.9 Å². The van der Waals surface area contributed by atoms with E-state index in [2.05, 4.69) is 0 Å². The molecule has 72 valence electrons. The average molecular weight is 193 g/mol. The zero-order chi connectivity index (χ0) is 10.6. The molecule has 0 saturated carbocycles. The zero-order valence-electron chi connectivity index (χ0n) is 7.33. The van der Waals surface area contributed by atoms with Gasteiger partial charge in [0.25, 0.3) is 0 Å². The number of carboxylic acids is 1. The molecule has 14 heavy (non-hydrogen) atoms. The molecule has 4 heteroatoms. The molecule has 0 aliphatic carbocycles. The number of alkyl halides is 1. The van der Waals surface area contributed by atoms with Gasteiger partial charge in [-0.3, -0.25) is 0 Å². The number of carboxylic acid groups (broad SMARTS) is 1. The quantitative estimate of drug-likeness (QED) is 0.797. The van der Waals surface area contributed by atoms with Gasteiger partial charge in [0.15, 0.2) is 0 Å². The second-order valence-corrected chi connectivity index (χ2v) is 2.72. The topological polar surface area (TPSA) is 61.1 Å². The first-order valence-electron chi connectivity index (χ1n) is 3.97. The van der Waals surface area contributed by atoms with Crippen LogP contribution in [-0.2, 0) is 13.1 Å². The molecular formula is C10H8FNO2. The molecule has 0 aliphatic rings. The molecule has 0 saturated heterocycles. The fourth-order valence-electron chi connectivity index (χ4n) is 1.25. The van der Waals surface area contributed by atoms with E-state index in [4.69, 9.17) is 10.4 Å². The van der Waals surface area contributed by atoms with Gasteiger partial charge in [0.1, 0.15) is 6.67 Å². The van der Waals surface area contributed by atoms with Crippen LogP contribution < -0.4 is 0 Å². The molecule has 0 fully saturated rings. The van der Waals surface area contributed by atoms with Crippen molar-refractivity contribution in [1.29, 1.82) is 5.26 Å². The van der Waals surface area contributed by atoms with Gasteiger partial charge in [-0.2, -0.15) is 5.26 Å². The third-order valence-corrected chi connectivity index (χ3v) is 1.90. The highest BCUT2D eigenvalue weighted by atomic mass is 19.1. The fourth-order valence-corrected chi connectivity index (χ4v) is 1.25. The predicted octanol–water partition coefficient (Wildman–Crippen LogP) is 1.92. The second kappa shape index (κ2) is 4.38. The van der Waals surface area contributed by atoms with Crippen molar-refractivity contribution in [2.75, 3.05) is 0 Å². The first-order chi connectivity index (χ1) is 6.70. The van der Waals surface area contributed by atoms with Gasteiger partial charge < -0.3 is 5.11 Å². The Hall–Kier alpha value is -1.89. The molecule has 0 radical (unpaired) electrons. The van der Waals surface area contributed by atoms with Crippen molar-refractivity contribution in [2.45, 2.75) is 13.1 Å². The normalized spacial score (nSPS) is 9.43. The Labute approximate surface area is 80.4 Å². The van der Waals surface area contributed by atoms with E-state index in [0.29, 0.717) is 0 Å². The summed E-state index contributed by atoms with van der Waals surface area (Å²) in [6.07, 6.45) is -0.0816. The molecule has 1 aromatic rings. The minimum absolute atomic E-state index is 0.00157. The molecule has 0 spiro atoms. The molecule has 0 heterocycles. The predicted molar refractivity (Wildman–Crippen MR) is 47.5 cm³/mol. The summed E-state index contributed by atoms with van der Waals surface area (Å²) in [7, 11) is 0. The monoisotopic (exact) mass is 193 g/mol. The molecule has 0 amide bonds. The van der Waals surface area contributed by atoms with E-state index in [1.165, 1.54) is 18.2 Å². The summed E-state index contributed by atoms with van der Waals surface area (Å²) in [5, 5.41) is 17.3.